The number of nitrogens with two attached hydrogens (primary N) is 1. The van der Waals surface area contributed by atoms with Crippen LogP contribution in [0.5, 0.6) is 0 Å². The van der Waals surface area contributed by atoms with E-state index in [1.807, 2.05) is 0 Å². The SMILES string of the molecule is Nc1ccnc(=O)n1O[N+](=O)[O-]. The molecule has 0 saturated heterocycles. The predicted molar refractivity (Wildman–Crippen MR) is 36.5 cm³/mol. The predicted octanol–water partition coefficient (Wildman–Crippen LogP) is -1.55. The van der Waals surface area contributed by atoms with Gasteiger partial charge in [0.05, 0.1) is 0 Å². The van der Waals surface area contributed by atoms with Crippen molar-refractivity contribution < 1.29 is 10.0 Å². The van der Waals surface area contributed by atoms with E-state index in [0.717, 1.165) is 6.20 Å². The number of nitrogen functional groups attached to an aromatic ring is 1. The van der Waals surface area contributed by atoms with Gasteiger partial charge in [0.15, 0.2) is 5.09 Å². The van der Waals surface area contributed by atoms with Crippen molar-refractivity contribution in [2.75, 3.05) is 5.73 Å². The van der Waals surface area contributed by atoms with E-state index in [0.29, 0.717) is 0 Å². The van der Waals surface area contributed by atoms with E-state index in [4.69, 9.17) is 5.73 Å². The number of anilines is 1. The van der Waals surface area contributed by atoms with Crippen molar-refractivity contribution >= 4 is 5.82 Å². The van der Waals surface area contributed by atoms with Gasteiger partial charge in [-0.15, -0.1) is 0 Å². The average Bonchev–Trinajstić information content (AvgIpc) is 1.97. The van der Waals surface area contributed by atoms with E-state index in [9.17, 15) is 14.9 Å². The van der Waals surface area contributed by atoms with Crippen LogP contribution in [-0.2, 0) is 0 Å². The van der Waals surface area contributed by atoms with Gasteiger partial charge in [0.1, 0.15) is 0 Å². The van der Waals surface area contributed by atoms with Crippen LogP contribution in [0.1, 0.15) is 0 Å². The Hall–Kier alpha value is -2.12. The summed E-state index contributed by atoms with van der Waals surface area (Å²) in [4.78, 5) is 27.5. The maximum atomic E-state index is 10.7. The van der Waals surface area contributed by atoms with Gasteiger partial charge in [0.25, 0.3) is 0 Å². The molecule has 0 amide bonds. The zero-order valence-electron chi connectivity index (χ0n) is 5.71. The normalized spacial score (nSPS) is 9.33. The number of hydrogen-bond acceptors (Lipinski definition) is 6. The molecule has 0 unspecified atom stereocenters. The lowest BCUT2D eigenvalue weighted by Crippen LogP contribution is -2.33. The molecule has 1 heterocycles. The number of aromatic nitrogens is 2. The molecule has 2 N–H and O–H groups in total. The van der Waals surface area contributed by atoms with E-state index < -0.39 is 10.8 Å². The van der Waals surface area contributed by atoms with Crippen molar-refractivity contribution in [1.29, 1.82) is 0 Å². The fourth-order valence-electron chi connectivity index (χ4n) is 0.557. The molecule has 0 radical (unpaired) electrons. The maximum absolute atomic E-state index is 10.7. The second kappa shape index (κ2) is 2.86. The van der Waals surface area contributed by atoms with Gasteiger partial charge in [-0.25, -0.2) is 14.9 Å². The number of hydrogen-bond donors (Lipinski definition) is 1. The quantitative estimate of drug-likeness (QED) is 0.426. The molecule has 0 bridgehead atoms. The van der Waals surface area contributed by atoms with Crippen LogP contribution in [0.3, 0.4) is 0 Å². The highest BCUT2D eigenvalue weighted by atomic mass is 17.0. The van der Waals surface area contributed by atoms with Crippen LogP contribution in [0.4, 0.5) is 5.82 Å². The lowest BCUT2D eigenvalue weighted by molar-refractivity contribution is -0.749. The minimum absolute atomic E-state index is 0.188. The largest absolute Gasteiger partial charge is 0.464 e. The van der Waals surface area contributed by atoms with Crippen molar-refractivity contribution in [2.24, 2.45) is 0 Å². The highest BCUT2D eigenvalue weighted by molar-refractivity contribution is 5.24. The molecule has 0 aliphatic rings. The molecule has 1 rings (SSSR count). The third-order valence-electron chi connectivity index (χ3n) is 0.987. The summed E-state index contributed by atoms with van der Waals surface area (Å²) in [6.07, 6.45) is 1.12. The third kappa shape index (κ3) is 1.48. The summed E-state index contributed by atoms with van der Waals surface area (Å²) in [6, 6.07) is 1.20. The molecule has 0 atom stereocenters. The Morgan fingerprint density at radius 1 is 1.75 bits per heavy atom. The Labute approximate surface area is 65.3 Å². The molecule has 0 aromatic carbocycles. The average molecular weight is 172 g/mol. The topological polar surface area (TPSA) is 113 Å². The zero-order valence-corrected chi connectivity index (χ0v) is 5.71. The molecule has 0 fully saturated rings. The molecule has 0 spiro atoms. The molecule has 0 aliphatic heterocycles. The highest BCUT2D eigenvalue weighted by Crippen LogP contribution is 1.91. The second-order valence-corrected chi connectivity index (χ2v) is 1.75. The number of rotatable bonds is 2. The first-order valence-electron chi connectivity index (χ1n) is 2.77. The summed E-state index contributed by atoms with van der Waals surface area (Å²) < 4.78 is 0.278. The van der Waals surface area contributed by atoms with Crippen molar-refractivity contribution in [2.45, 2.75) is 0 Å². The van der Waals surface area contributed by atoms with Gasteiger partial charge in [-0.1, -0.05) is 0 Å². The summed E-state index contributed by atoms with van der Waals surface area (Å²) in [5.74, 6) is -0.188. The molecule has 12 heavy (non-hydrogen) atoms. The van der Waals surface area contributed by atoms with Crippen molar-refractivity contribution in [3.05, 3.63) is 32.9 Å². The molecule has 8 nitrogen and oxygen atoms in total. The van der Waals surface area contributed by atoms with Crippen LogP contribution < -0.4 is 16.4 Å². The first kappa shape index (κ1) is 7.98. The summed E-state index contributed by atoms with van der Waals surface area (Å²) in [5.41, 5.74) is 4.22. The molecule has 1 aromatic rings. The molecule has 0 aliphatic carbocycles. The second-order valence-electron chi connectivity index (χ2n) is 1.75. The Bertz CT molecular complexity index is 358. The van der Waals surface area contributed by atoms with Crippen LogP contribution in [0, 0.1) is 10.1 Å². The van der Waals surface area contributed by atoms with Crippen LogP contribution in [0.2, 0.25) is 0 Å². The molecule has 8 heteroatoms. The summed E-state index contributed by atoms with van der Waals surface area (Å²) >= 11 is 0. The standard InChI is InChI=1S/C4H4N4O4/c5-3-1-2-6-4(9)7(3)12-8(10)11/h1-2H,5H2. The van der Waals surface area contributed by atoms with Gasteiger partial charge in [0, 0.05) is 12.3 Å². The lowest BCUT2D eigenvalue weighted by atomic mass is 10.6. The van der Waals surface area contributed by atoms with Gasteiger partial charge >= 0.3 is 5.69 Å². The van der Waals surface area contributed by atoms with E-state index in [2.05, 4.69) is 9.92 Å². The minimum atomic E-state index is -1.15. The van der Waals surface area contributed by atoms with Gasteiger partial charge < -0.3 is 5.73 Å². The zero-order chi connectivity index (χ0) is 9.14. The summed E-state index contributed by atoms with van der Waals surface area (Å²) in [6.45, 7) is 0. The van der Waals surface area contributed by atoms with E-state index in [1.165, 1.54) is 6.07 Å². The van der Waals surface area contributed by atoms with Crippen molar-refractivity contribution in [3.8, 4) is 0 Å². The van der Waals surface area contributed by atoms with Crippen molar-refractivity contribution in [1.82, 2.24) is 9.71 Å². The minimum Gasteiger partial charge on any atom is -0.364 e. The Morgan fingerprint density at radius 2 is 2.42 bits per heavy atom. The van der Waals surface area contributed by atoms with Crippen molar-refractivity contribution in [3.63, 3.8) is 0 Å². The van der Waals surface area contributed by atoms with Crippen LogP contribution in [0.15, 0.2) is 17.1 Å². The van der Waals surface area contributed by atoms with E-state index in [-0.39, 0.29) is 10.5 Å². The Kier molecular flexibility index (Phi) is 1.90. The fraction of sp³-hybridized carbons (Fsp3) is 0. The first-order chi connectivity index (χ1) is 5.61. The molecule has 0 saturated carbocycles. The Morgan fingerprint density at radius 3 is 2.92 bits per heavy atom. The highest BCUT2D eigenvalue weighted by Gasteiger charge is 2.07. The maximum Gasteiger partial charge on any atom is 0.464 e. The van der Waals surface area contributed by atoms with Gasteiger partial charge in [0.2, 0.25) is 5.82 Å². The smallest absolute Gasteiger partial charge is 0.364 e. The third-order valence-corrected chi connectivity index (χ3v) is 0.987. The van der Waals surface area contributed by atoms with E-state index >= 15 is 0 Å². The molecular weight excluding hydrogens is 168 g/mol. The Balaban J connectivity index is 3.13. The molecule has 1 aromatic heterocycles. The van der Waals surface area contributed by atoms with Gasteiger partial charge in [-0.2, -0.15) is 9.92 Å². The van der Waals surface area contributed by atoms with E-state index in [1.54, 1.807) is 0 Å². The molecule has 64 valence electrons. The van der Waals surface area contributed by atoms with Crippen LogP contribution in [-0.4, -0.2) is 14.8 Å². The van der Waals surface area contributed by atoms with Gasteiger partial charge in [-0.3, -0.25) is 0 Å². The summed E-state index contributed by atoms with van der Waals surface area (Å²) in [5, 5.41) is 8.66. The molecular formula is C4H4N4O4. The fourth-order valence-corrected chi connectivity index (χ4v) is 0.557. The summed E-state index contributed by atoms with van der Waals surface area (Å²) in [7, 11) is 0. The van der Waals surface area contributed by atoms with Gasteiger partial charge in [-0.05, 0) is 4.73 Å². The first-order valence-corrected chi connectivity index (χ1v) is 2.77. The number of nitrogens with zero attached hydrogens (tertiary/aromatic N) is 3. The lowest BCUT2D eigenvalue weighted by Gasteiger charge is -1.99. The van der Waals surface area contributed by atoms with Crippen LogP contribution >= 0.6 is 0 Å². The van der Waals surface area contributed by atoms with Crippen LogP contribution in [0.25, 0.3) is 0 Å². The monoisotopic (exact) mass is 172 g/mol.